The van der Waals surface area contributed by atoms with Gasteiger partial charge in [0, 0.05) is 27.2 Å². The number of nitrogens with zero attached hydrogens (tertiary/aromatic N) is 2. The molecule has 0 aliphatic heterocycles. The molecule has 0 saturated heterocycles. The van der Waals surface area contributed by atoms with Gasteiger partial charge in [0.2, 0.25) is 10.0 Å². The van der Waals surface area contributed by atoms with E-state index in [9.17, 15) is 8.42 Å². The fourth-order valence-electron chi connectivity index (χ4n) is 2.34. The second kappa shape index (κ2) is 7.85. The minimum atomic E-state index is -3.43. The van der Waals surface area contributed by atoms with Gasteiger partial charge in [0.25, 0.3) is 0 Å². The van der Waals surface area contributed by atoms with Crippen LogP contribution in [0.25, 0.3) is 0 Å². The molecule has 24 heavy (non-hydrogen) atoms. The lowest BCUT2D eigenvalue weighted by molar-refractivity contribution is 0.319. The van der Waals surface area contributed by atoms with Crippen molar-refractivity contribution in [3.63, 3.8) is 0 Å². The maximum atomic E-state index is 12.2. The zero-order chi connectivity index (χ0) is 17.9. The van der Waals surface area contributed by atoms with Crippen molar-refractivity contribution in [1.82, 2.24) is 9.21 Å². The second-order valence-electron chi connectivity index (χ2n) is 5.82. The fraction of sp³-hybridized carbons (Fsp3) is 0.294. The number of hydrogen-bond acceptors (Lipinski definition) is 3. The predicted octanol–water partition coefficient (Wildman–Crippen LogP) is 3.88. The van der Waals surface area contributed by atoms with Crippen molar-refractivity contribution in [2.45, 2.75) is 18.0 Å². The van der Waals surface area contributed by atoms with E-state index in [1.54, 1.807) is 24.3 Å². The predicted molar refractivity (Wildman–Crippen MR) is 98.9 cm³/mol. The van der Waals surface area contributed by atoms with E-state index in [1.165, 1.54) is 18.4 Å². The molecule has 0 fully saturated rings. The lowest BCUT2D eigenvalue weighted by Crippen LogP contribution is -2.22. The molecule has 130 valence electrons. The Kier molecular flexibility index (Phi) is 6.28. The van der Waals surface area contributed by atoms with E-state index >= 15 is 0 Å². The Bertz CT molecular complexity index is 823. The molecule has 2 rings (SSSR count). The number of benzene rings is 2. The SMILES string of the molecule is CN(Cc1cccc(S(=O)(=O)N(C)C)c1)Cc1cccc(Cl)c1Cl. The van der Waals surface area contributed by atoms with Crippen LogP contribution in [0.2, 0.25) is 10.0 Å². The first-order chi connectivity index (χ1) is 11.2. The lowest BCUT2D eigenvalue weighted by atomic mass is 10.2. The first-order valence-corrected chi connectivity index (χ1v) is 9.54. The molecular weight excluding hydrogens is 367 g/mol. The molecular formula is C17H20Cl2N2O2S. The Morgan fingerprint density at radius 2 is 1.62 bits per heavy atom. The summed E-state index contributed by atoms with van der Waals surface area (Å²) in [5.41, 5.74) is 1.85. The molecule has 0 radical (unpaired) electrons. The summed E-state index contributed by atoms with van der Waals surface area (Å²) in [6, 6.07) is 12.5. The van der Waals surface area contributed by atoms with Crippen LogP contribution in [0.3, 0.4) is 0 Å². The van der Waals surface area contributed by atoms with Gasteiger partial charge >= 0.3 is 0 Å². The van der Waals surface area contributed by atoms with Crippen LogP contribution in [0.4, 0.5) is 0 Å². The van der Waals surface area contributed by atoms with Gasteiger partial charge < -0.3 is 0 Å². The van der Waals surface area contributed by atoms with Gasteiger partial charge in [-0.05, 0) is 36.4 Å². The minimum Gasteiger partial charge on any atom is -0.298 e. The summed E-state index contributed by atoms with van der Waals surface area (Å²) >= 11 is 12.3. The van der Waals surface area contributed by atoms with Gasteiger partial charge in [-0.15, -0.1) is 0 Å². The molecule has 4 nitrogen and oxygen atoms in total. The van der Waals surface area contributed by atoms with Gasteiger partial charge in [0.1, 0.15) is 0 Å². The van der Waals surface area contributed by atoms with Crippen molar-refractivity contribution in [1.29, 1.82) is 0 Å². The Morgan fingerprint density at radius 3 is 2.29 bits per heavy atom. The van der Waals surface area contributed by atoms with Gasteiger partial charge in [-0.3, -0.25) is 4.90 Å². The van der Waals surface area contributed by atoms with Crippen molar-refractivity contribution in [3.05, 3.63) is 63.6 Å². The van der Waals surface area contributed by atoms with Gasteiger partial charge in [0.15, 0.2) is 0 Å². The molecule has 2 aromatic rings. The minimum absolute atomic E-state index is 0.291. The van der Waals surface area contributed by atoms with E-state index in [2.05, 4.69) is 4.90 Å². The van der Waals surface area contributed by atoms with Crippen molar-refractivity contribution in [3.8, 4) is 0 Å². The van der Waals surface area contributed by atoms with E-state index in [-0.39, 0.29) is 0 Å². The Balaban J connectivity index is 2.15. The Morgan fingerprint density at radius 1 is 0.958 bits per heavy atom. The van der Waals surface area contributed by atoms with Crippen LogP contribution in [0.1, 0.15) is 11.1 Å². The third-order valence-corrected chi connectivity index (χ3v) is 6.27. The highest BCUT2D eigenvalue weighted by atomic mass is 35.5. The van der Waals surface area contributed by atoms with Crippen LogP contribution in [-0.2, 0) is 23.1 Å². The summed E-state index contributed by atoms with van der Waals surface area (Å²) in [5.74, 6) is 0. The summed E-state index contributed by atoms with van der Waals surface area (Å²) in [4.78, 5) is 2.35. The van der Waals surface area contributed by atoms with E-state index in [0.29, 0.717) is 28.0 Å². The molecule has 0 spiro atoms. The molecule has 2 aromatic carbocycles. The van der Waals surface area contributed by atoms with Crippen LogP contribution in [0.15, 0.2) is 47.4 Å². The monoisotopic (exact) mass is 386 g/mol. The molecule has 0 amide bonds. The first kappa shape index (κ1) is 19.2. The summed E-state index contributed by atoms with van der Waals surface area (Å²) in [7, 11) is 1.56. The van der Waals surface area contributed by atoms with E-state index < -0.39 is 10.0 Å². The van der Waals surface area contributed by atoms with E-state index in [4.69, 9.17) is 23.2 Å². The normalized spacial score (nSPS) is 12.1. The van der Waals surface area contributed by atoms with Crippen molar-refractivity contribution >= 4 is 33.2 Å². The largest absolute Gasteiger partial charge is 0.298 e. The summed E-state index contributed by atoms with van der Waals surface area (Å²) in [6.45, 7) is 1.21. The third-order valence-electron chi connectivity index (χ3n) is 3.60. The molecule has 0 aliphatic rings. The average molecular weight is 387 g/mol. The van der Waals surface area contributed by atoms with Crippen LogP contribution >= 0.6 is 23.2 Å². The standard InChI is InChI=1S/C17H20Cl2N2O2S/c1-20(2)24(22,23)15-8-4-6-13(10-15)11-21(3)12-14-7-5-9-16(18)17(14)19/h4-10H,11-12H2,1-3H3. The van der Waals surface area contributed by atoms with Gasteiger partial charge in [-0.1, -0.05) is 47.5 Å². The zero-order valence-electron chi connectivity index (χ0n) is 13.8. The summed E-state index contributed by atoms with van der Waals surface area (Å²) < 4.78 is 25.7. The number of halogens is 2. The second-order valence-corrected chi connectivity index (χ2v) is 8.76. The molecule has 7 heteroatoms. The number of rotatable bonds is 6. The molecule has 0 aliphatic carbocycles. The lowest BCUT2D eigenvalue weighted by Gasteiger charge is -2.19. The van der Waals surface area contributed by atoms with Gasteiger partial charge in [-0.25, -0.2) is 12.7 Å². The first-order valence-electron chi connectivity index (χ1n) is 7.34. The quantitative estimate of drug-likeness (QED) is 0.756. The Labute approximate surface area is 153 Å². The maximum absolute atomic E-state index is 12.2. The van der Waals surface area contributed by atoms with Crippen LogP contribution in [0, 0.1) is 0 Å². The van der Waals surface area contributed by atoms with E-state index in [1.807, 2.05) is 25.2 Å². The number of sulfonamides is 1. The van der Waals surface area contributed by atoms with Crippen LogP contribution < -0.4 is 0 Å². The highest BCUT2D eigenvalue weighted by Gasteiger charge is 2.17. The van der Waals surface area contributed by atoms with Crippen molar-refractivity contribution in [2.24, 2.45) is 0 Å². The Hall–Kier alpha value is -1.11. The fourth-order valence-corrected chi connectivity index (χ4v) is 3.70. The molecule has 0 aromatic heterocycles. The van der Waals surface area contributed by atoms with Gasteiger partial charge in [0.05, 0.1) is 14.9 Å². The van der Waals surface area contributed by atoms with Gasteiger partial charge in [-0.2, -0.15) is 0 Å². The molecule has 0 atom stereocenters. The van der Waals surface area contributed by atoms with Crippen LogP contribution in [0.5, 0.6) is 0 Å². The summed E-state index contributed by atoms with van der Waals surface area (Å²) in [5, 5.41) is 1.08. The smallest absolute Gasteiger partial charge is 0.242 e. The van der Waals surface area contributed by atoms with Crippen molar-refractivity contribution < 1.29 is 8.42 Å². The third kappa shape index (κ3) is 4.49. The molecule has 0 N–H and O–H groups in total. The molecule has 0 bridgehead atoms. The molecule has 0 heterocycles. The maximum Gasteiger partial charge on any atom is 0.242 e. The highest BCUT2D eigenvalue weighted by Crippen LogP contribution is 2.26. The number of hydrogen-bond donors (Lipinski definition) is 0. The zero-order valence-corrected chi connectivity index (χ0v) is 16.2. The van der Waals surface area contributed by atoms with E-state index in [0.717, 1.165) is 11.1 Å². The van der Waals surface area contributed by atoms with Crippen molar-refractivity contribution in [2.75, 3.05) is 21.1 Å². The summed E-state index contributed by atoms with van der Waals surface area (Å²) in [6.07, 6.45) is 0. The average Bonchev–Trinajstić information content (AvgIpc) is 2.52. The molecule has 0 unspecified atom stereocenters. The highest BCUT2D eigenvalue weighted by molar-refractivity contribution is 7.89. The molecule has 0 saturated carbocycles. The van der Waals surface area contributed by atoms with Crippen LogP contribution in [-0.4, -0.2) is 38.8 Å². The topological polar surface area (TPSA) is 40.6 Å².